The maximum atomic E-state index is 5.96. The molecule has 0 aromatic heterocycles. The predicted octanol–water partition coefficient (Wildman–Crippen LogP) is 2.39. The second-order valence-corrected chi connectivity index (χ2v) is 6.74. The topological polar surface area (TPSA) is 24.6 Å². The summed E-state index contributed by atoms with van der Waals surface area (Å²) in [7, 11) is 0. The highest BCUT2D eigenvalue weighted by molar-refractivity contribution is 8.00. The number of hydrogen-bond acceptors (Lipinski definition) is 3. The Labute approximate surface area is 96.5 Å². The van der Waals surface area contributed by atoms with Crippen molar-refractivity contribution >= 4 is 11.8 Å². The number of nitrogens with one attached hydrogen (secondary N) is 1. The van der Waals surface area contributed by atoms with Crippen molar-refractivity contribution in [1.29, 1.82) is 0 Å². The minimum Gasteiger partial charge on any atom is -0.368 e. The van der Waals surface area contributed by atoms with E-state index in [0.29, 0.717) is 10.7 Å². The number of thioether (sulfide) groups is 1. The van der Waals surface area contributed by atoms with Gasteiger partial charge in [0.2, 0.25) is 0 Å². The average molecular weight is 227 g/mol. The molecule has 3 aliphatic rings. The third-order valence-corrected chi connectivity index (χ3v) is 5.99. The van der Waals surface area contributed by atoms with Gasteiger partial charge in [-0.15, -0.1) is 11.8 Å². The van der Waals surface area contributed by atoms with E-state index in [0.717, 1.165) is 19.0 Å². The smallest absolute Gasteiger partial charge is 0.110 e. The van der Waals surface area contributed by atoms with Gasteiger partial charge < -0.3 is 10.1 Å². The number of epoxide rings is 1. The van der Waals surface area contributed by atoms with Gasteiger partial charge in [0.15, 0.2) is 0 Å². The van der Waals surface area contributed by atoms with Crippen molar-refractivity contribution in [1.82, 2.24) is 5.32 Å². The molecule has 0 aromatic carbocycles. The van der Waals surface area contributed by atoms with Crippen LogP contribution < -0.4 is 5.32 Å². The first-order valence-corrected chi connectivity index (χ1v) is 7.28. The number of rotatable bonds is 2. The highest BCUT2D eigenvalue weighted by atomic mass is 32.2. The van der Waals surface area contributed by atoms with Crippen LogP contribution in [0.5, 0.6) is 0 Å². The van der Waals surface area contributed by atoms with Crippen LogP contribution in [-0.2, 0) is 4.74 Å². The molecule has 3 fully saturated rings. The molecule has 3 rings (SSSR count). The highest BCUT2D eigenvalue weighted by Crippen LogP contribution is 2.57. The van der Waals surface area contributed by atoms with Crippen LogP contribution in [0.15, 0.2) is 0 Å². The summed E-state index contributed by atoms with van der Waals surface area (Å²) in [6, 6.07) is 0. The molecule has 0 aromatic rings. The fourth-order valence-electron chi connectivity index (χ4n) is 3.46. The van der Waals surface area contributed by atoms with Gasteiger partial charge in [0, 0.05) is 17.8 Å². The molecule has 0 radical (unpaired) electrons. The molecule has 2 atom stereocenters. The summed E-state index contributed by atoms with van der Waals surface area (Å²) in [5.74, 6) is 1.12. The molecule has 1 aliphatic carbocycles. The summed E-state index contributed by atoms with van der Waals surface area (Å²) in [6.07, 6.45) is 7.01. The van der Waals surface area contributed by atoms with Gasteiger partial charge in [-0.2, -0.15) is 0 Å². The molecule has 2 aliphatic heterocycles. The summed E-state index contributed by atoms with van der Waals surface area (Å²) >= 11 is 2.07. The van der Waals surface area contributed by atoms with Crippen molar-refractivity contribution in [2.75, 3.05) is 19.0 Å². The van der Waals surface area contributed by atoms with Gasteiger partial charge >= 0.3 is 0 Å². The molecule has 1 N–H and O–H groups in total. The van der Waals surface area contributed by atoms with Crippen LogP contribution >= 0.6 is 11.8 Å². The van der Waals surface area contributed by atoms with Gasteiger partial charge in [-0.1, -0.05) is 26.2 Å². The fraction of sp³-hybridized carbons (Fsp3) is 1.00. The van der Waals surface area contributed by atoms with Crippen molar-refractivity contribution in [2.45, 2.75) is 49.9 Å². The zero-order valence-corrected chi connectivity index (χ0v) is 10.4. The van der Waals surface area contributed by atoms with E-state index in [2.05, 4.69) is 24.0 Å². The maximum Gasteiger partial charge on any atom is 0.110 e. The van der Waals surface area contributed by atoms with E-state index in [1.807, 2.05) is 0 Å². The highest BCUT2D eigenvalue weighted by Gasteiger charge is 2.63. The predicted molar refractivity (Wildman–Crippen MR) is 64.1 cm³/mol. The molecule has 3 heteroatoms. The van der Waals surface area contributed by atoms with Crippen molar-refractivity contribution in [2.24, 2.45) is 5.41 Å². The van der Waals surface area contributed by atoms with E-state index in [1.165, 1.54) is 32.1 Å². The van der Waals surface area contributed by atoms with Gasteiger partial charge in [0.1, 0.15) is 5.60 Å². The van der Waals surface area contributed by atoms with Crippen LogP contribution in [-0.4, -0.2) is 29.9 Å². The molecular formula is C12H21NOS. The molecular weight excluding hydrogens is 206 g/mol. The SMILES string of the molecule is CC1(C2(C3CNCS3)CO2)CCCCC1. The Hall–Kier alpha value is 0.270. The largest absolute Gasteiger partial charge is 0.368 e. The molecule has 86 valence electrons. The summed E-state index contributed by atoms with van der Waals surface area (Å²) in [5, 5.41) is 4.17. The molecule has 1 saturated carbocycles. The lowest BCUT2D eigenvalue weighted by Crippen LogP contribution is -2.46. The quantitative estimate of drug-likeness (QED) is 0.733. The van der Waals surface area contributed by atoms with E-state index in [4.69, 9.17) is 4.74 Å². The first-order valence-electron chi connectivity index (χ1n) is 6.23. The van der Waals surface area contributed by atoms with Crippen molar-refractivity contribution < 1.29 is 4.74 Å². The van der Waals surface area contributed by atoms with E-state index in [1.54, 1.807) is 0 Å². The zero-order valence-electron chi connectivity index (χ0n) is 9.55. The van der Waals surface area contributed by atoms with Gasteiger partial charge in [-0.05, 0) is 12.8 Å². The summed E-state index contributed by atoms with van der Waals surface area (Å²) in [4.78, 5) is 0. The molecule has 2 saturated heterocycles. The standard InChI is InChI=1S/C12H21NOS/c1-11(5-3-2-4-6-11)12(8-14-12)10-7-13-9-15-10/h10,13H,2-9H2,1H3. The Kier molecular flexibility index (Phi) is 2.53. The first kappa shape index (κ1) is 10.4. The minimum atomic E-state index is 0.238. The van der Waals surface area contributed by atoms with Crippen molar-refractivity contribution in [3.05, 3.63) is 0 Å². The van der Waals surface area contributed by atoms with E-state index >= 15 is 0 Å². The molecule has 0 amide bonds. The number of hydrogen-bond donors (Lipinski definition) is 1. The minimum absolute atomic E-state index is 0.238. The Morgan fingerprint density at radius 1 is 1.27 bits per heavy atom. The Morgan fingerprint density at radius 2 is 2.00 bits per heavy atom. The van der Waals surface area contributed by atoms with Crippen molar-refractivity contribution in [3.8, 4) is 0 Å². The van der Waals surface area contributed by atoms with Gasteiger partial charge in [-0.3, -0.25) is 0 Å². The zero-order chi connectivity index (χ0) is 10.4. The monoisotopic (exact) mass is 227 g/mol. The van der Waals surface area contributed by atoms with E-state index in [9.17, 15) is 0 Å². The van der Waals surface area contributed by atoms with E-state index < -0.39 is 0 Å². The van der Waals surface area contributed by atoms with Crippen molar-refractivity contribution in [3.63, 3.8) is 0 Å². The van der Waals surface area contributed by atoms with Crippen LogP contribution in [0.2, 0.25) is 0 Å². The van der Waals surface area contributed by atoms with Gasteiger partial charge in [-0.25, -0.2) is 0 Å². The first-order chi connectivity index (χ1) is 7.27. The Balaban J connectivity index is 1.78. The van der Waals surface area contributed by atoms with E-state index in [-0.39, 0.29) is 5.60 Å². The lowest BCUT2D eigenvalue weighted by Gasteiger charge is -2.41. The molecule has 2 heterocycles. The normalized spacial score (nSPS) is 44.2. The van der Waals surface area contributed by atoms with Gasteiger partial charge in [0.05, 0.1) is 11.9 Å². The summed E-state index contributed by atoms with van der Waals surface area (Å²) in [6.45, 7) is 4.64. The Bertz CT molecular complexity index is 240. The van der Waals surface area contributed by atoms with Gasteiger partial charge in [0.25, 0.3) is 0 Å². The molecule has 2 unspecified atom stereocenters. The average Bonchev–Trinajstić information content (AvgIpc) is 2.90. The molecule has 0 spiro atoms. The molecule has 15 heavy (non-hydrogen) atoms. The van der Waals surface area contributed by atoms with Crippen LogP contribution in [0.25, 0.3) is 0 Å². The van der Waals surface area contributed by atoms with Crippen LogP contribution in [0, 0.1) is 5.41 Å². The molecule has 0 bridgehead atoms. The lowest BCUT2D eigenvalue weighted by molar-refractivity contribution is 0.0740. The Morgan fingerprint density at radius 3 is 2.53 bits per heavy atom. The second kappa shape index (κ2) is 3.64. The molecule has 2 nitrogen and oxygen atoms in total. The summed E-state index contributed by atoms with van der Waals surface area (Å²) in [5.41, 5.74) is 0.705. The third-order valence-electron chi connectivity index (χ3n) is 4.67. The van der Waals surface area contributed by atoms with Crippen LogP contribution in [0.4, 0.5) is 0 Å². The summed E-state index contributed by atoms with van der Waals surface area (Å²) < 4.78 is 5.96. The van der Waals surface area contributed by atoms with Crippen LogP contribution in [0.1, 0.15) is 39.0 Å². The fourth-order valence-corrected chi connectivity index (χ4v) is 4.83. The third kappa shape index (κ3) is 1.55. The lowest BCUT2D eigenvalue weighted by atomic mass is 9.66. The second-order valence-electron chi connectivity index (χ2n) is 5.55. The number of ether oxygens (including phenoxy) is 1. The van der Waals surface area contributed by atoms with Crippen LogP contribution in [0.3, 0.4) is 0 Å². The maximum absolute atomic E-state index is 5.96.